The van der Waals surface area contributed by atoms with E-state index < -0.39 is 6.10 Å². The summed E-state index contributed by atoms with van der Waals surface area (Å²) < 4.78 is 11.2. The second-order valence-corrected chi connectivity index (χ2v) is 7.73. The first-order valence-electron chi connectivity index (χ1n) is 9.60. The predicted molar refractivity (Wildman–Crippen MR) is 102 cm³/mol. The average Bonchev–Trinajstić information content (AvgIpc) is 3.17. The van der Waals surface area contributed by atoms with Crippen LogP contribution in [0.1, 0.15) is 38.2 Å². The van der Waals surface area contributed by atoms with Crippen LogP contribution in [0.25, 0.3) is 0 Å². The fraction of sp³-hybridized carbons (Fsp3) is 0.650. The van der Waals surface area contributed by atoms with Gasteiger partial charge in [-0.3, -0.25) is 9.69 Å². The van der Waals surface area contributed by atoms with Crippen LogP contribution in [0.15, 0.2) is 24.3 Å². The Bertz CT molecular complexity index is 567. The van der Waals surface area contributed by atoms with Crippen LogP contribution < -0.4 is 5.32 Å². The first-order chi connectivity index (χ1) is 12.6. The molecule has 2 aliphatic heterocycles. The molecular formula is C20H29ClN2O3. The first kappa shape index (κ1) is 19.6. The minimum absolute atomic E-state index is 0.0147. The van der Waals surface area contributed by atoms with Gasteiger partial charge in [0.1, 0.15) is 6.10 Å². The smallest absolute Gasteiger partial charge is 0.249 e. The minimum Gasteiger partial charge on any atom is -0.376 e. The summed E-state index contributed by atoms with van der Waals surface area (Å²) in [6, 6.07) is 8.24. The number of hydrogen-bond acceptors (Lipinski definition) is 4. The monoisotopic (exact) mass is 380 g/mol. The van der Waals surface area contributed by atoms with E-state index in [0.717, 1.165) is 56.9 Å². The largest absolute Gasteiger partial charge is 0.376 e. The van der Waals surface area contributed by atoms with Crippen LogP contribution in [0.4, 0.5) is 0 Å². The molecule has 0 aromatic heterocycles. The van der Waals surface area contributed by atoms with Crippen molar-refractivity contribution in [3.8, 4) is 0 Å². The van der Waals surface area contributed by atoms with E-state index in [0.29, 0.717) is 6.61 Å². The van der Waals surface area contributed by atoms with Gasteiger partial charge in [0.15, 0.2) is 0 Å². The summed E-state index contributed by atoms with van der Waals surface area (Å²) in [6.07, 6.45) is 3.78. The summed E-state index contributed by atoms with van der Waals surface area (Å²) in [4.78, 5) is 14.7. The van der Waals surface area contributed by atoms with Crippen LogP contribution >= 0.6 is 11.6 Å². The highest BCUT2D eigenvalue weighted by Gasteiger charge is 2.24. The lowest BCUT2D eigenvalue weighted by atomic mass is 10.0. The summed E-state index contributed by atoms with van der Waals surface area (Å²) in [6.45, 7) is 6.04. The number of ether oxygens (including phenoxy) is 2. The molecule has 0 spiro atoms. The highest BCUT2D eigenvalue weighted by molar-refractivity contribution is 6.30. The zero-order valence-electron chi connectivity index (χ0n) is 15.5. The molecule has 2 saturated heterocycles. The van der Waals surface area contributed by atoms with Gasteiger partial charge in [-0.25, -0.2) is 0 Å². The van der Waals surface area contributed by atoms with Gasteiger partial charge in [0.05, 0.1) is 12.7 Å². The number of amides is 1. The molecule has 2 unspecified atom stereocenters. The molecule has 2 aliphatic rings. The normalized spacial score (nSPS) is 23.1. The van der Waals surface area contributed by atoms with Crippen LogP contribution in [0.5, 0.6) is 0 Å². The third kappa shape index (κ3) is 5.95. The standard InChI is InChI=1S/C20H29ClN2O3/c1-15(26-14-19-3-2-12-25-19)20(24)22-18-8-10-23(11-9-18)13-16-4-6-17(21)7-5-16/h4-7,15,18-19H,2-3,8-14H2,1H3,(H,22,24). The van der Waals surface area contributed by atoms with Crippen molar-refractivity contribution in [2.45, 2.75) is 57.4 Å². The molecule has 2 atom stereocenters. The van der Waals surface area contributed by atoms with Gasteiger partial charge in [-0.2, -0.15) is 0 Å². The molecule has 6 heteroatoms. The molecule has 0 bridgehead atoms. The number of rotatable bonds is 7. The van der Waals surface area contributed by atoms with Gasteiger partial charge < -0.3 is 14.8 Å². The minimum atomic E-state index is -0.425. The van der Waals surface area contributed by atoms with Crippen LogP contribution in [0.3, 0.4) is 0 Å². The highest BCUT2D eigenvalue weighted by atomic mass is 35.5. The van der Waals surface area contributed by atoms with Crippen molar-refractivity contribution in [1.82, 2.24) is 10.2 Å². The maximum absolute atomic E-state index is 12.3. The Hall–Kier alpha value is -1.14. The number of carbonyl (C=O) groups excluding carboxylic acids is 1. The van der Waals surface area contributed by atoms with E-state index in [1.54, 1.807) is 0 Å². The van der Waals surface area contributed by atoms with Crippen molar-refractivity contribution < 1.29 is 14.3 Å². The lowest BCUT2D eigenvalue weighted by molar-refractivity contribution is -0.134. The lowest BCUT2D eigenvalue weighted by Gasteiger charge is -2.33. The van der Waals surface area contributed by atoms with Crippen molar-refractivity contribution in [1.29, 1.82) is 0 Å². The number of halogens is 1. The van der Waals surface area contributed by atoms with E-state index in [1.165, 1.54) is 5.56 Å². The summed E-state index contributed by atoms with van der Waals surface area (Å²) in [5.41, 5.74) is 1.27. The van der Waals surface area contributed by atoms with Gasteiger partial charge >= 0.3 is 0 Å². The van der Waals surface area contributed by atoms with E-state index in [2.05, 4.69) is 22.3 Å². The molecule has 0 aliphatic carbocycles. The molecule has 2 heterocycles. The van der Waals surface area contributed by atoms with Crippen LogP contribution in [0.2, 0.25) is 5.02 Å². The fourth-order valence-electron chi connectivity index (χ4n) is 3.51. The average molecular weight is 381 g/mol. The number of nitrogens with zero attached hydrogens (tertiary/aromatic N) is 1. The maximum Gasteiger partial charge on any atom is 0.249 e. The van der Waals surface area contributed by atoms with Crippen LogP contribution in [0, 0.1) is 0 Å². The second-order valence-electron chi connectivity index (χ2n) is 7.30. The third-order valence-electron chi connectivity index (χ3n) is 5.18. The molecule has 3 rings (SSSR count). The molecule has 1 amide bonds. The zero-order valence-corrected chi connectivity index (χ0v) is 16.2. The van der Waals surface area contributed by atoms with E-state index in [4.69, 9.17) is 21.1 Å². The number of likely N-dealkylation sites (tertiary alicyclic amines) is 1. The number of hydrogen-bond donors (Lipinski definition) is 1. The topological polar surface area (TPSA) is 50.8 Å². The van der Waals surface area contributed by atoms with Gasteiger partial charge in [-0.05, 0) is 50.3 Å². The summed E-state index contributed by atoms with van der Waals surface area (Å²) in [7, 11) is 0. The number of benzene rings is 1. The number of piperidine rings is 1. The molecule has 2 fully saturated rings. The summed E-state index contributed by atoms with van der Waals surface area (Å²) in [5.74, 6) is -0.0147. The van der Waals surface area contributed by atoms with Crippen molar-refractivity contribution in [2.24, 2.45) is 0 Å². The highest BCUT2D eigenvalue weighted by Crippen LogP contribution is 2.16. The van der Waals surface area contributed by atoms with E-state index in [1.807, 2.05) is 19.1 Å². The van der Waals surface area contributed by atoms with E-state index >= 15 is 0 Å². The number of carbonyl (C=O) groups is 1. The first-order valence-corrected chi connectivity index (χ1v) is 9.98. The van der Waals surface area contributed by atoms with Crippen molar-refractivity contribution in [3.63, 3.8) is 0 Å². The van der Waals surface area contributed by atoms with Gasteiger partial charge in [0.2, 0.25) is 5.91 Å². The molecule has 1 N–H and O–H groups in total. The quantitative estimate of drug-likeness (QED) is 0.790. The third-order valence-corrected chi connectivity index (χ3v) is 5.43. The Morgan fingerprint density at radius 3 is 2.69 bits per heavy atom. The molecule has 5 nitrogen and oxygen atoms in total. The maximum atomic E-state index is 12.3. The van der Waals surface area contributed by atoms with Crippen molar-refractivity contribution >= 4 is 17.5 Å². The predicted octanol–water partition coefficient (Wildman–Crippen LogP) is 3.00. The molecule has 1 aromatic carbocycles. The zero-order chi connectivity index (χ0) is 18.4. The molecule has 0 saturated carbocycles. The Morgan fingerprint density at radius 1 is 1.31 bits per heavy atom. The van der Waals surface area contributed by atoms with Gasteiger partial charge in [0.25, 0.3) is 0 Å². The van der Waals surface area contributed by atoms with Crippen LogP contribution in [-0.2, 0) is 20.8 Å². The van der Waals surface area contributed by atoms with E-state index in [-0.39, 0.29) is 18.1 Å². The van der Waals surface area contributed by atoms with Crippen LogP contribution in [-0.4, -0.2) is 55.4 Å². The van der Waals surface area contributed by atoms with Crippen molar-refractivity contribution in [3.05, 3.63) is 34.9 Å². The van der Waals surface area contributed by atoms with Crippen molar-refractivity contribution in [2.75, 3.05) is 26.3 Å². The number of nitrogens with one attached hydrogen (secondary N) is 1. The summed E-state index contributed by atoms with van der Waals surface area (Å²) >= 11 is 5.94. The molecule has 144 valence electrons. The Morgan fingerprint density at radius 2 is 2.04 bits per heavy atom. The molecule has 26 heavy (non-hydrogen) atoms. The Balaban J connectivity index is 1.34. The fourth-order valence-corrected chi connectivity index (χ4v) is 3.63. The second kappa shape index (κ2) is 9.70. The Kier molecular flexibility index (Phi) is 7.32. The lowest BCUT2D eigenvalue weighted by Crippen LogP contribution is -2.47. The SMILES string of the molecule is CC(OCC1CCCO1)C(=O)NC1CCN(Cc2ccc(Cl)cc2)CC1. The molecule has 1 aromatic rings. The van der Waals surface area contributed by atoms with Gasteiger partial charge in [0, 0.05) is 37.3 Å². The Labute approximate surface area is 161 Å². The van der Waals surface area contributed by atoms with Gasteiger partial charge in [-0.15, -0.1) is 0 Å². The molecular weight excluding hydrogens is 352 g/mol. The van der Waals surface area contributed by atoms with Gasteiger partial charge in [-0.1, -0.05) is 23.7 Å². The molecule has 0 radical (unpaired) electrons. The van der Waals surface area contributed by atoms with E-state index in [9.17, 15) is 4.79 Å². The summed E-state index contributed by atoms with van der Waals surface area (Å²) in [5, 5.41) is 3.91.